The van der Waals surface area contributed by atoms with Gasteiger partial charge in [-0.25, -0.2) is 9.59 Å². The average Bonchev–Trinajstić information content (AvgIpc) is 2.45. The van der Waals surface area contributed by atoms with Crippen LogP contribution in [0.1, 0.15) is 25.3 Å². The van der Waals surface area contributed by atoms with E-state index in [-0.39, 0.29) is 16.2 Å². The van der Waals surface area contributed by atoms with Gasteiger partial charge in [-0.15, -0.1) is 0 Å². The number of aliphatic carboxylic acids is 1. The van der Waals surface area contributed by atoms with Crippen molar-refractivity contribution in [1.82, 2.24) is 5.32 Å². The van der Waals surface area contributed by atoms with Crippen molar-refractivity contribution in [2.75, 3.05) is 7.11 Å². The molecule has 1 aliphatic heterocycles. The Morgan fingerprint density at radius 1 is 1.17 bits per heavy atom. The fourth-order valence-electron chi connectivity index (χ4n) is 2.70. The first-order valence-corrected chi connectivity index (χ1v) is 7.48. The largest absolute Gasteiger partial charge is 0.478 e. The number of benzene rings is 1. The number of hydrogen-bond acceptors (Lipinski definition) is 4. The molecule has 2 N–H and O–H groups in total. The van der Waals surface area contributed by atoms with Crippen molar-refractivity contribution in [3.8, 4) is 0 Å². The van der Waals surface area contributed by atoms with E-state index in [0.717, 1.165) is 0 Å². The Balaban J connectivity index is 2.74. The first-order chi connectivity index (χ1) is 10.8. The van der Waals surface area contributed by atoms with Gasteiger partial charge in [-0.05, 0) is 31.5 Å². The third-order valence-corrected chi connectivity index (χ3v) is 4.23. The van der Waals surface area contributed by atoms with Crippen LogP contribution in [0.25, 0.3) is 0 Å². The molecule has 1 aromatic carbocycles. The maximum absolute atomic E-state index is 12.2. The lowest BCUT2D eigenvalue weighted by Gasteiger charge is -2.29. The van der Waals surface area contributed by atoms with E-state index in [4.69, 9.17) is 27.9 Å². The van der Waals surface area contributed by atoms with E-state index in [1.54, 1.807) is 26.0 Å². The average molecular weight is 356 g/mol. The number of halogens is 2. The molecule has 0 radical (unpaired) electrons. The minimum absolute atomic E-state index is 0.0419. The molecule has 0 saturated carbocycles. The molecule has 1 aromatic rings. The van der Waals surface area contributed by atoms with E-state index >= 15 is 0 Å². The van der Waals surface area contributed by atoms with Crippen LogP contribution in [0.5, 0.6) is 0 Å². The van der Waals surface area contributed by atoms with Crippen LogP contribution in [-0.2, 0) is 14.3 Å². The molecule has 0 aromatic heterocycles. The minimum atomic E-state index is -1.14. The second kappa shape index (κ2) is 6.64. The number of rotatable bonds is 3. The highest BCUT2D eigenvalue weighted by Gasteiger charge is 2.37. The Morgan fingerprint density at radius 3 is 2.30 bits per heavy atom. The van der Waals surface area contributed by atoms with Gasteiger partial charge in [0.25, 0.3) is 0 Å². The third-order valence-electron chi connectivity index (χ3n) is 3.67. The number of carboxylic acids is 1. The van der Waals surface area contributed by atoms with E-state index in [2.05, 4.69) is 5.32 Å². The van der Waals surface area contributed by atoms with Crippen molar-refractivity contribution < 1.29 is 19.4 Å². The highest BCUT2D eigenvalue weighted by molar-refractivity contribution is 6.35. The number of hydrogen-bond donors (Lipinski definition) is 2. The van der Waals surface area contributed by atoms with Gasteiger partial charge >= 0.3 is 11.9 Å². The molecule has 0 amide bonds. The van der Waals surface area contributed by atoms with E-state index < -0.39 is 17.9 Å². The van der Waals surface area contributed by atoms with Crippen LogP contribution in [0.15, 0.2) is 40.7 Å². The Morgan fingerprint density at radius 2 is 1.78 bits per heavy atom. The molecule has 0 aliphatic carbocycles. The van der Waals surface area contributed by atoms with Crippen LogP contribution in [0.3, 0.4) is 0 Å². The lowest BCUT2D eigenvalue weighted by Crippen LogP contribution is -2.31. The van der Waals surface area contributed by atoms with Crippen molar-refractivity contribution in [2.45, 2.75) is 19.8 Å². The zero-order chi connectivity index (χ0) is 17.3. The van der Waals surface area contributed by atoms with Gasteiger partial charge in [0, 0.05) is 21.4 Å². The molecule has 1 atom stereocenters. The third kappa shape index (κ3) is 3.21. The second-order valence-corrected chi connectivity index (χ2v) is 5.94. The van der Waals surface area contributed by atoms with Crippen LogP contribution in [-0.4, -0.2) is 24.2 Å². The smallest absolute Gasteiger partial charge is 0.336 e. The van der Waals surface area contributed by atoms with Gasteiger partial charge in [0.2, 0.25) is 0 Å². The number of methoxy groups -OCH3 is 1. The zero-order valence-corrected chi connectivity index (χ0v) is 14.2. The van der Waals surface area contributed by atoms with E-state index in [1.165, 1.54) is 13.2 Å². The van der Waals surface area contributed by atoms with Crippen LogP contribution in [0, 0.1) is 0 Å². The van der Waals surface area contributed by atoms with E-state index in [0.29, 0.717) is 22.0 Å². The molecule has 122 valence electrons. The number of carboxylic acid groups (broad SMARTS) is 1. The topological polar surface area (TPSA) is 75.6 Å². The maximum Gasteiger partial charge on any atom is 0.336 e. The summed E-state index contributed by atoms with van der Waals surface area (Å²) >= 11 is 12.2. The lowest BCUT2D eigenvalue weighted by molar-refractivity contribution is -0.136. The summed E-state index contributed by atoms with van der Waals surface area (Å²) in [7, 11) is 1.24. The standard InChI is InChI=1S/C16H15Cl2NO4/c1-7-12(15(20)21)14(10-5-4-9(17)6-11(10)18)13(8(2)19-7)16(22)23-3/h4-6,14,19H,1-3H3,(H,20,21). The summed E-state index contributed by atoms with van der Waals surface area (Å²) in [6.45, 7) is 3.32. The molecular formula is C16H15Cl2NO4. The number of dihydropyridines is 1. The van der Waals surface area contributed by atoms with Crippen molar-refractivity contribution in [2.24, 2.45) is 0 Å². The van der Waals surface area contributed by atoms with Crippen LogP contribution < -0.4 is 5.32 Å². The van der Waals surface area contributed by atoms with Crippen LogP contribution in [0.4, 0.5) is 0 Å². The number of carbonyl (C=O) groups excluding carboxylic acids is 1. The fraction of sp³-hybridized carbons (Fsp3) is 0.250. The molecule has 0 saturated heterocycles. The molecule has 1 heterocycles. The Hall–Kier alpha value is -1.98. The summed E-state index contributed by atoms with van der Waals surface area (Å²) in [5, 5.41) is 13.2. The molecule has 5 nitrogen and oxygen atoms in total. The van der Waals surface area contributed by atoms with Crippen molar-refractivity contribution in [3.63, 3.8) is 0 Å². The summed E-state index contributed by atoms with van der Waals surface area (Å²) in [6.07, 6.45) is 0. The maximum atomic E-state index is 12.2. The number of ether oxygens (including phenoxy) is 1. The summed E-state index contributed by atoms with van der Waals surface area (Å²) in [5.41, 5.74) is 1.70. The summed E-state index contributed by atoms with van der Waals surface area (Å²) in [4.78, 5) is 24.0. The Kier molecular flexibility index (Phi) is 5.02. The number of nitrogens with one attached hydrogen (secondary N) is 1. The molecule has 2 rings (SSSR count). The molecular weight excluding hydrogens is 341 g/mol. The first-order valence-electron chi connectivity index (χ1n) is 6.73. The zero-order valence-electron chi connectivity index (χ0n) is 12.7. The van der Waals surface area contributed by atoms with Gasteiger partial charge in [0.1, 0.15) is 0 Å². The second-order valence-electron chi connectivity index (χ2n) is 5.10. The molecule has 0 bridgehead atoms. The van der Waals surface area contributed by atoms with Gasteiger partial charge in [-0.2, -0.15) is 0 Å². The van der Waals surface area contributed by atoms with E-state index in [1.807, 2.05) is 0 Å². The van der Waals surface area contributed by atoms with Crippen LogP contribution in [0.2, 0.25) is 10.0 Å². The van der Waals surface area contributed by atoms with Crippen LogP contribution >= 0.6 is 23.2 Å². The summed E-state index contributed by atoms with van der Waals surface area (Å²) in [6, 6.07) is 4.73. The molecule has 23 heavy (non-hydrogen) atoms. The van der Waals surface area contributed by atoms with Gasteiger partial charge < -0.3 is 15.2 Å². The van der Waals surface area contributed by atoms with Gasteiger partial charge in [0.05, 0.1) is 24.2 Å². The molecule has 0 fully saturated rings. The quantitative estimate of drug-likeness (QED) is 0.811. The predicted molar refractivity (Wildman–Crippen MR) is 87.4 cm³/mol. The predicted octanol–water partition coefficient (Wildman–Crippen LogP) is 3.49. The van der Waals surface area contributed by atoms with Gasteiger partial charge in [0.15, 0.2) is 0 Å². The Labute approximate surface area is 143 Å². The van der Waals surface area contributed by atoms with Gasteiger partial charge in [-0.3, -0.25) is 0 Å². The number of esters is 1. The minimum Gasteiger partial charge on any atom is -0.478 e. The number of allylic oxidation sites excluding steroid dienone is 2. The Bertz CT molecular complexity index is 752. The molecule has 1 unspecified atom stereocenters. The highest BCUT2D eigenvalue weighted by Crippen LogP contribution is 2.41. The van der Waals surface area contributed by atoms with Gasteiger partial charge in [-0.1, -0.05) is 29.3 Å². The normalized spacial score (nSPS) is 17.9. The summed E-state index contributed by atoms with van der Waals surface area (Å²) < 4.78 is 4.82. The molecule has 0 spiro atoms. The van der Waals surface area contributed by atoms with Crippen molar-refractivity contribution in [3.05, 3.63) is 56.3 Å². The van der Waals surface area contributed by atoms with Crippen molar-refractivity contribution in [1.29, 1.82) is 0 Å². The molecule has 7 heteroatoms. The van der Waals surface area contributed by atoms with E-state index in [9.17, 15) is 14.7 Å². The highest BCUT2D eigenvalue weighted by atomic mass is 35.5. The molecule has 1 aliphatic rings. The fourth-order valence-corrected chi connectivity index (χ4v) is 3.22. The lowest BCUT2D eigenvalue weighted by atomic mass is 9.80. The summed E-state index contributed by atoms with van der Waals surface area (Å²) in [5.74, 6) is -2.59. The SMILES string of the molecule is COC(=O)C1=C(C)NC(C)=C(C(=O)O)C1c1ccc(Cl)cc1Cl. The number of carbonyl (C=O) groups is 2. The monoisotopic (exact) mass is 355 g/mol. The van der Waals surface area contributed by atoms with Crippen molar-refractivity contribution >= 4 is 35.1 Å². The first kappa shape index (κ1) is 17.4.